The van der Waals surface area contributed by atoms with E-state index < -0.39 is 0 Å². The second-order valence-electron chi connectivity index (χ2n) is 5.13. The van der Waals surface area contributed by atoms with Gasteiger partial charge in [-0.05, 0) is 36.9 Å². The van der Waals surface area contributed by atoms with Gasteiger partial charge in [-0.15, -0.1) is 11.3 Å². The molecule has 1 heterocycles. The summed E-state index contributed by atoms with van der Waals surface area (Å²) in [5.74, 6) is 0.643. The summed E-state index contributed by atoms with van der Waals surface area (Å²) in [6.45, 7) is 7.76. The highest BCUT2D eigenvalue weighted by Crippen LogP contribution is 2.19. The first-order valence-corrected chi connectivity index (χ1v) is 7.27. The van der Waals surface area contributed by atoms with Gasteiger partial charge >= 0.3 is 0 Å². The van der Waals surface area contributed by atoms with Crippen LogP contribution >= 0.6 is 11.3 Å². The van der Waals surface area contributed by atoms with Gasteiger partial charge in [0.25, 0.3) is 0 Å². The Balaban J connectivity index is 2.67. The molecule has 0 aliphatic heterocycles. The van der Waals surface area contributed by atoms with E-state index in [9.17, 15) is 4.79 Å². The van der Waals surface area contributed by atoms with Gasteiger partial charge < -0.3 is 10.2 Å². The van der Waals surface area contributed by atoms with Crippen molar-refractivity contribution in [2.75, 3.05) is 20.6 Å². The molecule has 0 bridgehead atoms. The van der Waals surface area contributed by atoms with Crippen molar-refractivity contribution >= 4 is 17.2 Å². The Labute approximate surface area is 114 Å². The molecule has 1 amide bonds. The van der Waals surface area contributed by atoms with Crippen LogP contribution in [0.4, 0.5) is 0 Å². The summed E-state index contributed by atoms with van der Waals surface area (Å²) in [4.78, 5) is 15.5. The quantitative estimate of drug-likeness (QED) is 0.860. The summed E-state index contributed by atoms with van der Waals surface area (Å²) in [5.41, 5.74) is 1.27. The standard InChI is InChI=1S/C14H24N2OS/c1-10(2)12(8-15-4)14(17)16(5)9-13-11(3)6-7-18-13/h6-7,10,12,15H,8-9H2,1-5H3. The maximum atomic E-state index is 12.4. The summed E-state index contributed by atoms with van der Waals surface area (Å²) < 4.78 is 0. The van der Waals surface area contributed by atoms with Gasteiger partial charge in [0.05, 0.1) is 12.5 Å². The lowest BCUT2D eigenvalue weighted by atomic mass is 9.94. The van der Waals surface area contributed by atoms with E-state index in [1.165, 1.54) is 10.4 Å². The van der Waals surface area contributed by atoms with Crippen molar-refractivity contribution < 1.29 is 4.79 Å². The second-order valence-corrected chi connectivity index (χ2v) is 6.13. The minimum atomic E-state index is 0.0558. The molecule has 0 aliphatic carbocycles. The van der Waals surface area contributed by atoms with E-state index >= 15 is 0 Å². The van der Waals surface area contributed by atoms with Crippen LogP contribution in [-0.2, 0) is 11.3 Å². The fourth-order valence-electron chi connectivity index (χ4n) is 1.97. The summed E-state index contributed by atoms with van der Waals surface area (Å²) in [6, 6.07) is 2.10. The normalized spacial score (nSPS) is 12.8. The Morgan fingerprint density at radius 2 is 2.17 bits per heavy atom. The van der Waals surface area contributed by atoms with Crippen molar-refractivity contribution in [3.05, 3.63) is 21.9 Å². The van der Waals surface area contributed by atoms with Gasteiger partial charge in [0.1, 0.15) is 0 Å². The topological polar surface area (TPSA) is 32.3 Å². The second kappa shape index (κ2) is 6.90. The number of nitrogens with zero attached hydrogens (tertiary/aromatic N) is 1. The number of rotatable bonds is 6. The number of hydrogen-bond donors (Lipinski definition) is 1. The minimum absolute atomic E-state index is 0.0558. The molecule has 4 heteroatoms. The molecule has 0 fully saturated rings. The van der Waals surface area contributed by atoms with Crippen molar-refractivity contribution in [1.82, 2.24) is 10.2 Å². The fraction of sp³-hybridized carbons (Fsp3) is 0.643. The van der Waals surface area contributed by atoms with Crippen LogP contribution in [0.3, 0.4) is 0 Å². The van der Waals surface area contributed by atoms with E-state index in [4.69, 9.17) is 0 Å². The molecule has 1 aromatic rings. The molecule has 0 saturated carbocycles. The Morgan fingerprint density at radius 1 is 1.50 bits per heavy atom. The van der Waals surface area contributed by atoms with Gasteiger partial charge in [-0.1, -0.05) is 13.8 Å². The van der Waals surface area contributed by atoms with Gasteiger partial charge in [-0.2, -0.15) is 0 Å². The van der Waals surface area contributed by atoms with Crippen LogP contribution in [0.25, 0.3) is 0 Å². The predicted octanol–water partition coefficient (Wildman–Crippen LogP) is 2.51. The van der Waals surface area contributed by atoms with Gasteiger partial charge in [-0.25, -0.2) is 0 Å². The number of aryl methyl sites for hydroxylation is 1. The van der Waals surface area contributed by atoms with Crippen molar-refractivity contribution in [3.63, 3.8) is 0 Å². The summed E-state index contributed by atoms with van der Waals surface area (Å²) in [6.07, 6.45) is 0. The van der Waals surface area contributed by atoms with Crippen LogP contribution in [0, 0.1) is 18.8 Å². The number of thiophene rings is 1. The monoisotopic (exact) mass is 268 g/mol. The third-order valence-electron chi connectivity index (χ3n) is 3.27. The van der Waals surface area contributed by atoms with Crippen molar-refractivity contribution in [2.45, 2.75) is 27.3 Å². The van der Waals surface area contributed by atoms with Gasteiger partial charge in [0.15, 0.2) is 0 Å². The highest BCUT2D eigenvalue weighted by molar-refractivity contribution is 7.10. The minimum Gasteiger partial charge on any atom is -0.340 e. The first-order valence-electron chi connectivity index (χ1n) is 6.40. The van der Waals surface area contributed by atoms with Crippen LogP contribution in [0.1, 0.15) is 24.3 Å². The van der Waals surface area contributed by atoms with Crippen LogP contribution < -0.4 is 5.32 Å². The first kappa shape index (κ1) is 15.2. The Bertz CT molecular complexity index is 387. The van der Waals surface area contributed by atoms with E-state index in [2.05, 4.69) is 37.5 Å². The molecule has 1 aromatic heterocycles. The average molecular weight is 268 g/mol. The molecule has 0 radical (unpaired) electrons. The molecule has 3 nitrogen and oxygen atoms in total. The molecule has 0 saturated heterocycles. The zero-order valence-corrected chi connectivity index (χ0v) is 12.8. The molecule has 0 spiro atoms. The Kier molecular flexibility index (Phi) is 5.82. The number of nitrogens with one attached hydrogen (secondary N) is 1. The van der Waals surface area contributed by atoms with Gasteiger partial charge in [-0.3, -0.25) is 4.79 Å². The smallest absolute Gasteiger partial charge is 0.227 e. The largest absolute Gasteiger partial charge is 0.340 e. The Morgan fingerprint density at radius 3 is 2.61 bits per heavy atom. The maximum absolute atomic E-state index is 12.4. The summed E-state index contributed by atoms with van der Waals surface area (Å²) >= 11 is 1.72. The zero-order chi connectivity index (χ0) is 13.7. The van der Waals surface area contributed by atoms with Crippen LogP contribution in [0.15, 0.2) is 11.4 Å². The van der Waals surface area contributed by atoms with E-state index in [1.54, 1.807) is 11.3 Å². The Hall–Kier alpha value is -0.870. The number of hydrogen-bond acceptors (Lipinski definition) is 3. The van der Waals surface area contributed by atoms with Crippen molar-refractivity contribution in [1.29, 1.82) is 0 Å². The average Bonchev–Trinajstić information content (AvgIpc) is 2.70. The molecular formula is C14H24N2OS. The van der Waals surface area contributed by atoms with Crippen molar-refractivity contribution in [2.24, 2.45) is 11.8 Å². The first-order chi connectivity index (χ1) is 8.47. The highest BCUT2D eigenvalue weighted by atomic mass is 32.1. The summed E-state index contributed by atoms with van der Waals surface area (Å²) in [5, 5.41) is 5.19. The molecule has 102 valence electrons. The third-order valence-corrected chi connectivity index (χ3v) is 4.28. The van der Waals surface area contributed by atoms with Gasteiger partial charge in [0, 0.05) is 18.5 Å². The summed E-state index contributed by atoms with van der Waals surface area (Å²) in [7, 11) is 3.79. The number of carbonyl (C=O) groups is 1. The lowest BCUT2D eigenvalue weighted by Crippen LogP contribution is -2.39. The predicted molar refractivity (Wildman–Crippen MR) is 77.8 cm³/mol. The van der Waals surface area contributed by atoms with Crippen LogP contribution in [0.5, 0.6) is 0 Å². The lowest BCUT2D eigenvalue weighted by molar-refractivity contribution is -0.135. The van der Waals surface area contributed by atoms with Crippen LogP contribution in [-0.4, -0.2) is 31.4 Å². The van der Waals surface area contributed by atoms with E-state index in [0.29, 0.717) is 5.92 Å². The van der Waals surface area contributed by atoms with Crippen molar-refractivity contribution in [3.8, 4) is 0 Å². The maximum Gasteiger partial charge on any atom is 0.227 e. The van der Waals surface area contributed by atoms with Crippen LogP contribution in [0.2, 0.25) is 0 Å². The highest BCUT2D eigenvalue weighted by Gasteiger charge is 2.24. The van der Waals surface area contributed by atoms with Gasteiger partial charge in [0.2, 0.25) is 5.91 Å². The van der Waals surface area contributed by atoms with E-state index in [1.807, 2.05) is 19.0 Å². The molecule has 0 aromatic carbocycles. The van der Waals surface area contributed by atoms with E-state index in [0.717, 1.165) is 13.1 Å². The molecular weight excluding hydrogens is 244 g/mol. The SMILES string of the molecule is CNCC(C(=O)N(C)Cc1sccc1C)C(C)C. The molecule has 1 atom stereocenters. The molecule has 1 rings (SSSR count). The third kappa shape index (κ3) is 3.82. The fourth-order valence-corrected chi connectivity index (χ4v) is 2.93. The lowest BCUT2D eigenvalue weighted by Gasteiger charge is -2.26. The molecule has 1 unspecified atom stereocenters. The molecule has 0 aliphatic rings. The molecule has 18 heavy (non-hydrogen) atoms. The zero-order valence-electron chi connectivity index (χ0n) is 12.0. The molecule has 1 N–H and O–H groups in total. The number of amides is 1. The number of carbonyl (C=O) groups excluding carboxylic acids is 1. The van der Waals surface area contributed by atoms with E-state index in [-0.39, 0.29) is 11.8 Å².